The molecule has 7 nitrogen and oxygen atoms in total. The third kappa shape index (κ3) is 3.37. The molecule has 0 radical (unpaired) electrons. The van der Waals surface area contributed by atoms with Gasteiger partial charge in [0.25, 0.3) is 5.91 Å². The molecule has 2 aromatic carbocycles. The standard InChI is InChI=1S/C21H17F3N2O5/c1-29-16-8-4-7-14(18(16)30-2)15-10-20(31-25-15)11-17(27)26(19(20)28)13-6-3-5-12(9-13)21(22,23)24/h3-9H,10-11H2,1-2H3/t20-/m1/s1. The third-order valence-corrected chi connectivity index (χ3v) is 5.21. The van der Waals surface area contributed by atoms with Crippen molar-refractivity contribution in [1.82, 2.24) is 0 Å². The molecule has 2 amide bonds. The van der Waals surface area contributed by atoms with Crippen molar-refractivity contribution >= 4 is 23.2 Å². The smallest absolute Gasteiger partial charge is 0.416 e. The minimum Gasteiger partial charge on any atom is -0.493 e. The molecular formula is C21H17F3N2O5. The zero-order valence-corrected chi connectivity index (χ0v) is 16.5. The maximum Gasteiger partial charge on any atom is 0.416 e. The number of anilines is 1. The number of methoxy groups -OCH3 is 2. The van der Waals surface area contributed by atoms with E-state index in [2.05, 4.69) is 5.16 Å². The van der Waals surface area contributed by atoms with Gasteiger partial charge in [0.2, 0.25) is 11.5 Å². The number of benzene rings is 2. The van der Waals surface area contributed by atoms with Crippen molar-refractivity contribution in [2.75, 3.05) is 19.1 Å². The normalized spacial score (nSPS) is 20.8. The molecule has 2 aliphatic rings. The van der Waals surface area contributed by atoms with Crippen LogP contribution in [0.5, 0.6) is 11.5 Å². The van der Waals surface area contributed by atoms with E-state index < -0.39 is 29.2 Å². The average Bonchev–Trinajstić information content (AvgIpc) is 3.27. The van der Waals surface area contributed by atoms with E-state index >= 15 is 0 Å². The van der Waals surface area contributed by atoms with Crippen LogP contribution in [0.4, 0.5) is 18.9 Å². The van der Waals surface area contributed by atoms with Crippen LogP contribution in [0.1, 0.15) is 24.0 Å². The lowest BCUT2D eigenvalue weighted by molar-refractivity contribution is -0.138. The summed E-state index contributed by atoms with van der Waals surface area (Å²) in [6.07, 6.45) is -5.00. The maximum atomic E-state index is 13.1. The molecule has 4 rings (SSSR count). The topological polar surface area (TPSA) is 77.4 Å². The number of imide groups is 1. The number of nitrogens with zero attached hydrogens (tertiary/aromatic N) is 2. The van der Waals surface area contributed by atoms with Gasteiger partial charge in [-0.25, -0.2) is 4.90 Å². The van der Waals surface area contributed by atoms with Crippen molar-refractivity contribution in [1.29, 1.82) is 0 Å². The van der Waals surface area contributed by atoms with E-state index in [4.69, 9.17) is 14.3 Å². The zero-order chi connectivity index (χ0) is 22.4. The molecule has 0 bridgehead atoms. The summed E-state index contributed by atoms with van der Waals surface area (Å²) in [4.78, 5) is 31.9. The first kappa shape index (κ1) is 20.7. The van der Waals surface area contributed by atoms with Gasteiger partial charge in [0.1, 0.15) is 0 Å². The van der Waals surface area contributed by atoms with Gasteiger partial charge in [-0.05, 0) is 30.3 Å². The van der Waals surface area contributed by atoms with Gasteiger partial charge in [-0.1, -0.05) is 17.3 Å². The molecule has 0 aliphatic carbocycles. The highest BCUT2D eigenvalue weighted by atomic mass is 19.4. The van der Waals surface area contributed by atoms with E-state index in [1.807, 2.05) is 0 Å². The number of carbonyl (C=O) groups excluding carboxylic acids is 2. The first-order valence-corrected chi connectivity index (χ1v) is 9.21. The van der Waals surface area contributed by atoms with Gasteiger partial charge in [-0.15, -0.1) is 0 Å². The molecule has 0 unspecified atom stereocenters. The van der Waals surface area contributed by atoms with Crippen LogP contribution in [-0.4, -0.2) is 37.3 Å². The van der Waals surface area contributed by atoms with Crippen molar-refractivity contribution in [3.63, 3.8) is 0 Å². The second-order valence-electron chi connectivity index (χ2n) is 7.10. The Morgan fingerprint density at radius 3 is 2.48 bits per heavy atom. The number of ether oxygens (including phenoxy) is 2. The SMILES string of the molecule is COc1cccc(C2=NO[C@@]3(CC(=O)N(c4cccc(C(F)(F)F)c4)C3=O)C2)c1OC. The molecule has 1 saturated heterocycles. The Morgan fingerprint density at radius 2 is 1.81 bits per heavy atom. The van der Waals surface area contributed by atoms with E-state index in [9.17, 15) is 22.8 Å². The highest BCUT2D eigenvalue weighted by molar-refractivity contribution is 6.26. The number of carbonyl (C=O) groups is 2. The van der Waals surface area contributed by atoms with Crippen molar-refractivity contribution in [2.24, 2.45) is 5.16 Å². The van der Waals surface area contributed by atoms with Crippen molar-refractivity contribution in [3.8, 4) is 11.5 Å². The number of amides is 2. The molecule has 0 aromatic heterocycles. The average molecular weight is 434 g/mol. The molecule has 1 atom stereocenters. The first-order valence-electron chi connectivity index (χ1n) is 9.21. The van der Waals surface area contributed by atoms with Crippen LogP contribution in [0, 0.1) is 0 Å². The van der Waals surface area contributed by atoms with Crippen molar-refractivity contribution in [3.05, 3.63) is 53.6 Å². The summed E-state index contributed by atoms with van der Waals surface area (Å²) >= 11 is 0. The third-order valence-electron chi connectivity index (χ3n) is 5.21. The fraction of sp³-hybridized carbons (Fsp3) is 0.286. The van der Waals surface area contributed by atoms with Crippen LogP contribution in [0.15, 0.2) is 47.6 Å². The van der Waals surface area contributed by atoms with Crippen LogP contribution in [0.25, 0.3) is 0 Å². The van der Waals surface area contributed by atoms with Gasteiger partial charge in [0, 0.05) is 12.0 Å². The summed E-state index contributed by atoms with van der Waals surface area (Å²) in [5, 5.41) is 4.00. The quantitative estimate of drug-likeness (QED) is 0.688. The van der Waals surface area contributed by atoms with Crippen LogP contribution >= 0.6 is 0 Å². The fourth-order valence-corrected chi connectivity index (χ4v) is 3.74. The number of hydrogen-bond donors (Lipinski definition) is 0. The van der Waals surface area contributed by atoms with Crippen LogP contribution in [0.2, 0.25) is 0 Å². The summed E-state index contributed by atoms with van der Waals surface area (Å²) < 4.78 is 49.8. The number of rotatable bonds is 4. The van der Waals surface area contributed by atoms with Crippen LogP contribution < -0.4 is 14.4 Å². The van der Waals surface area contributed by atoms with Gasteiger partial charge in [0.05, 0.1) is 37.6 Å². The Kier molecular flexibility index (Phi) is 4.87. The Balaban J connectivity index is 1.64. The number of alkyl halides is 3. The summed E-state index contributed by atoms with van der Waals surface area (Å²) in [6, 6.07) is 9.14. The summed E-state index contributed by atoms with van der Waals surface area (Å²) in [5.74, 6) is -0.602. The molecule has 0 saturated carbocycles. The lowest BCUT2D eigenvalue weighted by Gasteiger charge is -2.20. The number of oxime groups is 1. The second-order valence-corrected chi connectivity index (χ2v) is 7.10. The molecular weight excluding hydrogens is 417 g/mol. The zero-order valence-electron chi connectivity index (χ0n) is 16.5. The van der Waals surface area contributed by atoms with E-state index in [-0.39, 0.29) is 18.5 Å². The van der Waals surface area contributed by atoms with E-state index in [0.29, 0.717) is 22.8 Å². The molecule has 2 heterocycles. The van der Waals surface area contributed by atoms with E-state index in [1.54, 1.807) is 18.2 Å². The summed E-state index contributed by atoms with van der Waals surface area (Å²) in [6.45, 7) is 0. The van der Waals surface area contributed by atoms with Gasteiger partial charge in [-0.3, -0.25) is 9.59 Å². The predicted octanol–water partition coefficient (Wildman–Crippen LogP) is 3.55. The lowest BCUT2D eigenvalue weighted by atomic mass is 9.92. The Labute approximate surface area is 175 Å². The number of para-hydroxylation sites is 1. The molecule has 2 aromatic rings. The first-order chi connectivity index (χ1) is 14.7. The van der Waals surface area contributed by atoms with Gasteiger partial charge in [0.15, 0.2) is 11.5 Å². The number of halogens is 3. The Hall–Kier alpha value is -3.56. The molecule has 1 spiro atoms. The minimum absolute atomic E-state index is 0.0451. The lowest BCUT2D eigenvalue weighted by Crippen LogP contribution is -2.41. The largest absolute Gasteiger partial charge is 0.493 e. The van der Waals surface area contributed by atoms with Crippen LogP contribution in [-0.2, 0) is 20.6 Å². The number of hydrogen-bond acceptors (Lipinski definition) is 6. The molecule has 1 fully saturated rings. The molecule has 31 heavy (non-hydrogen) atoms. The summed E-state index contributed by atoms with van der Waals surface area (Å²) in [7, 11) is 2.93. The van der Waals surface area contributed by atoms with E-state index in [1.165, 1.54) is 20.3 Å². The van der Waals surface area contributed by atoms with Crippen molar-refractivity contribution in [2.45, 2.75) is 24.6 Å². The predicted molar refractivity (Wildman–Crippen MR) is 103 cm³/mol. The highest BCUT2D eigenvalue weighted by Gasteiger charge is 2.58. The molecule has 162 valence electrons. The monoisotopic (exact) mass is 434 g/mol. The van der Waals surface area contributed by atoms with Gasteiger partial charge < -0.3 is 14.3 Å². The molecule has 10 heteroatoms. The van der Waals surface area contributed by atoms with Gasteiger partial charge >= 0.3 is 6.18 Å². The molecule has 0 N–H and O–H groups in total. The minimum atomic E-state index is -4.61. The molecule has 2 aliphatic heterocycles. The highest BCUT2D eigenvalue weighted by Crippen LogP contribution is 2.42. The van der Waals surface area contributed by atoms with Crippen molar-refractivity contribution < 1.29 is 37.1 Å². The van der Waals surface area contributed by atoms with Crippen LogP contribution in [0.3, 0.4) is 0 Å². The fourth-order valence-electron chi connectivity index (χ4n) is 3.74. The summed E-state index contributed by atoms with van der Waals surface area (Å²) in [5.41, 5.74) is -1.86. The Bertz CT molecular complexity index is 1100. The van der Waals surface area contributed by atoms with E-state index in [0.717, 1.165) is 23.1 Å². The Morgan fingerprint density at radius 1 is 1.06 bits per heavy atom. The second kappa shape index (κ2) is 7.29. The maximum absolute atomic E-state index is 13.1. The van der Waals surface area contributed by atoms with Gasteiger partial charge in [-0.2, -0.15) is 13.2 Å².